The first-order valence-corrected chi connectivity index (χ1v) is 8.57. The second kappa shape index (κ2) is 8.59. The predicted octanol–water partition coefficient (Wildman–Crippen LogP) is 1.71. The van der Waals surface area contributed by atoms with Crippen LogP contribution in [-0.4, -0.2) is 54.4 Å². The molecule has 2 fully saturated rings. The highest BCUT2D eigenvalue weighted by molar-refractivity contribution is 5.74. The predicted molar refractivity (Wildman–Crippen MR) is 84.3 cm³/mol. The number of aliphatic hydroxyl groups is 1. The van der Waals surface area contributed by atoms with Crippen molar-refractivity contribution in [2.24, 2.45) is 5.92 Å². The molecule has 0 spiro atoms. The highest BCUT2D eigenvalue weighted by Gasteiger charge is 2.27. The van der Waals surface area contributed by atoms with Crippen LogP contribution in [0.1, 0.15) is 51.9 Å². The fourth-order valence-corrected chi connectivity index (χ4v) is 3.59. The van der Waals surface area contributed by atoms with Crippen molar-refractivity contribution < 1.29 is 9.90 Å². The van der Waals surface area contributed by atoms with E-state index in [2.05, 4.69) is 15.5 Å². The molecule has 2 rings (SSSR count). The molecule has 2 amide bonds. The van der Waals surface area contributed by atoms with Crippen LogP contribution in [0.15, 0.2) is 0 Å². The smallest absolute Gasteiger partial charge is 0.315 e. The molecule has 3 N–H and O–H groups in total. The fraction of sp³-hybridized carbons (Fsp3) is 0.938. The number of nitrogens with zero attached hydrogens (tertiary/aromatic N) is 1. The number of nitrogens with one attached hydrogen (secondary N) is 2. The minimum absolute atomic E-state index is 0.0619. The van der Waals surface area contributed by atoms with Crippen molar-refractivity contribution in [2.75, 3.05) is 26.2 Å². The lowest BCUT2D eigenvalue weighted by molar-refractivity contribution is 0.228. The molecule has 2 atom stereocenters. The number of hydrogen-bond acceptors (Lipinski definition) is 3. The lowest BCUT2D eigenvalue weighted by Gasteiger charge is -2.21. The zero-order valence-electron chi connectivity index (χ0n) is 13.3. The first kappa shape index (κ1) is 16.6. The molecule has 1 saturated heterocycles. The number of aliphatic hydroxyl groups excluding tert-OH is 1. The third-order valence-corrected chi connectivity index (χ3v) is 4.77. The maximum Gasteiger partial charge on any atom is 0.315 e. The van der Waals surface area contributed by atoms with Crippen molar-refractivity contribution in [3.05, 3.63) is 0 Å². The van der Waals surface area contributed by atoms with Gasteiger partial charge in [-0.3, -0.25) is 0 Å². The zero-order valence-corrected chi connectivity index (χ0v) is 13.3. The molecule has 122 valence electrons. The van der Waals surface area contributed by atoms with Crippen LogP contribution in [-0.2, 0) is 0 Å². The number of rotatable bonds is 7. The fourth-order valence-electron chi connectivity index (χ4n) is 3.59. The van der Waals surface area contributed by atoms with Gasteiger partial charge >= 0.3 is 6.03 Å². The van der Waals surface area contributed by atoms with E-state index in [9.17, 15) is 4.79 Å². The Labute approximate surface area is 128 Å². The molecule has 0 aromatic heterocycles. The van der Waals surface area contributed by atoms with E-state index in [-0.39, 0.29) is 24.7 Å². The average Bonchev–Trinajstić information content (AvgIpc) is 3.09. The minimum atomic E-state index is -0.0619. The summed E-state index contributed by atoms with van der Waals surface area (Å²) in [4.78, 5) is 14.4. The summed E-state index contributed by atoms with van der Waals surface area (Å²) in [6.45, 7) is 5.49. The quantitative estimate of drug-likeness (QED) is 0.670. The highest BCUT2D eigenvalue weighted by Crippen LogP contribution is 2.26. The van der Waals surface area contributed by atoms with Crippen LogP contribution < -0.4 is 10.6 Å². The van der Waals surface area contributed by atoms with E-state index in [1.54, 1.807) is 0 Å². The minimum Gasteiger partial charge on any atom is -0.396 e. The van der Waals surface area contributed by atoms with Crippen molar-refractivity contribution in [3.8, 4) is 0 Å². The third-order valence-electron chi connectivity index (χ3n) is 4.77. The molecule has 0 aromatic rings. The Bertz CT molecular complexity index is 319. The largest absolute Gasteiger partial charge is 0.396 e. The molecule has 2 unspecified atom stereocenters. The number of hydrogen-bond donors (Lipinski definition) is 3. The first-order valence-electron chi connectivity index (χ1n) is 8.57. The topological polar surface area (TPSA) is 64.6 Å². The number of likely N-dealkylation sites (tertiary alicyclic amines) is 1. The summed E-state index contributed by atoms with van der Waals surface area (Å²) >= 11 is 0. The van der Waals surface area contributed by atoms with Gasteiger partial charge in [-0.2, -0.15) is 0 Å². The molecule has 5 nitrogen and oxygen atoms in total. The van der Waals surface area contributed by atoms with Crippen molar-refractivity contribution >= 4 is 6.03 Å². The third kappa shape index (κ3) is 5.83. The van der Waals surface area contributed by atoms with Crippen molar-refractivity contribution in [3.63, 3.8) is 0 Å². The van der Waals surface area contributed by atoms with Crippen LogP contribution in [0, 0.1) is 5.92 Å². The second-order valence-electron chi connectivity index (χ2n) is 6.78. The van der Waals surface area contributed by atoms with E-state index in [1.165, 1.54) is 32.2 Å². The zero-order chi connectivity index (χ0) is 15.1. The summed E-state index contributed by atoms with van der Waals surface area (Å²) in [7, 11) is 0. The maximum absolute atomic E-state index is 11.9. The Hall–Kier alpha value is -0.810. The Morgan fingerprint density at radius 2 is 2.10 bits per heavy atom. The van der Waals surface area contributed by atoms with Gasteiger partial charge in [0.15, 0.2) is 0 Å². The molecule has 21 heavy (non-hydrogen) atoms. The van der Waals surface area contributed by atoms with Crippen LogP contribution in [0.5, 0.6) is 0 Å². The van der Waals surface area contributed by atoms with Crippen LogP contribution in [0.4, 0.5) is 4.79 Å². The van der Waals surface area contributed by atoms with Crippen molar-refractivity contribution in [2.45, 2.75) is 64.0 Å². The Balaban J connectivity index is 1.61. The van der Waals surface area contributed by atoms with Crippen LogP contribution >= 0.6 is 0 Å². The molecule has 0 aromatic carbocycles. The van der Waals surface area contributed by atoms with E-state index in [0.29, 0.717) is 0 Å². The normalized spacial score (nSPS) is 25.1. The van der Waals surface area contributed by atoms with Gasteiger partial charge in [0, 0.05) is 38.3 Å². The van der Waals surface area contributed by atoms with Gasteiger partial charge in [0.05, 0.1) is 0 Å². The first-order chi connectivity index (χ1) is 10.2. The van der Waals surface area contributed by atoms with Crippen LogP contribution in [0.25, 0.3) is 0 Å². The molecule has 5 heteroatoms. The molecule has 0 bridgehead atoms. The van der Waals surface area contributed by atoms with Gasteiger partial charge in [-0.25, -0.2) is 4.79 Å². The summed E-state index contributed by atoms with van der Waals surface area (Å²) in [5, 5.41) is 14.8. The number of carbonyl (C=O) groups excluding carboxylic acids is 1. The summed E-state index contributed by atoms with van der Waals surface area (Å²) in [5.41, 5.74) is 0. The summed E-state index contributed by atoms with van der Waals surface area (Å²) in [5.74, 6) is 0.885. The van der Waals surface area contributed by atoms with E-state index < -0.39 is 0 Å². The van der Waals surface area contributed by atoms with E-state index in [1.807, 2.05) is 6.92 Å². The number of carbonyl (C=O) groups is 1. The lowest BCUT2D eigenvalue weighted by Crippen LogP contribution is -2.46. The van der Waals surface area contributed by atoms with Gasteiger partial charge in [0.25, 0.3) is 0 Å². The lowest BCUT2D eigenvalue weighted by atomic mass is 10.1. The molecule has 1 aliphatic heterocycles. The summed E-state index contributed by atoms with van der Waals surface area (Å²) < 4.78 is 0. The van der Waals surface area contributed by atoms with Gasteiger partial charge in [0.2, 0.25) is 0 Å². The van der Waals surface area contributed by atoms with Gasteiger partial charge in [0.1, 0.15) is 0 Å². The molecule has 1 saturated carbocycles. The monoisotopic (exact) mass is 297 g/mol. The molecular weight excluding hydrogens is 266 g/mol. The van der Waals surface area contributed by atoms with Gasteiger partial charge in [-0.1, -0.05) is 12.8 Å². The standard InChI is InChI=1S/C16H31N3O2/c1-13(5-4-10-20)17-16(21)18-15-8-9-19(12-15)11-14-6-2-3-7-14/h13-15,20H,2-12H2,1H3,(H2,17,18,21). The number of amides is 2. The average molecular weight is 297 g/mol. The Kier molecular flexibility index (Phi) is 6.77. The highest BCUT2D eigenvalue weighted by atomic mass is 16.3. The summed E-state index contributed by atoms with van der Waals surface area (Å²) in [6, 6.07) is 0.345. The van der Waals surface area contributed by atoms with Gasteiger partial charge < -0.3 is 20.6 Å². The van der Waals surface area contributed by atoms with Crippen LogP contribution in [0.3, 0.4) is 0 Å². The molecule has 2 aliphatic rings. The second-order valence-corrected chi connectivity index (χ2v) is 6.78. The van der Waals surface area contributed by atoms with E-state index in [4.69, 9.17) is 5.11 Å². The Morgan fingerprint density at radius 3 is 2.81 bits per heavy atom. The van der Waals surface area contributed by atoms with E-state index >= 15 is 0 Å². The van der Waals surface area contributed by atoms with E-state index in [0.717, 1.165) is 38.3 Å². The van der Waals surface area contributed by atoms with Gasteiger partial charge in [-0.05, 0) is 44.9 Å². The molecule has 1 heterocycles. The van der Waals surface area contributed by atoms with Gasteiger partial charge in [-0.15, -0.1) is 0 Å². The molecule has 1 aliphatic carbocycles. The molecular formula is C16H31N3O2. The SMILES string of the molecule is CC(CCCO)NC(=O)NC1CCN(CC2CCCC2)C1. The summed E-state index contributed by atoms with van der Waals surface area (Å²) in [6.07, 6.45) is 8.19. The van der Waals surface area contributed by atoms with Crippen molar-refractivity contribution in [1.82, 2.24) is 15.5 Å². The van der Waals surface area contributed by atoms with Crippen molar-refractivity contribution in [1.29, 1.82) is 0 Å². The number of urea groups is 1. The Morgan fingerprint density at radius 1 is 1.33 bits per heavy atom. The molecule has 0 radical (unpaired) electrons. The van der Waals surface area contributed by atoms with Crippen LogP contribution in [0.2, 0.25) is 0 Å². The maximum atomic E-state index is 11.9.